The molecule has 2 heterocycles. The average molecular weight is 322 g/mol. The van der Waals surface area contributed by atoms with Crippen molar-refractivity contribution in [1.82, 2.24) is 9.88 Å². The van der Waals surface area contributed by atoms with Gasteiger partial charge in [0.25, 0.3) is 0 Å². The van der Waals surface area contributed by atoms with E-state index in [1.165, 1.54) is 0 Å². The van der Waals surface area contributed by atoms with Gasteiger partial charge in [-0.15, -0.1) is 17.9 Å². The second-order valence-electron chi connectivity index (χ2n) is 4.42. The standard InChI is InChI=1S/C15H18N2O2S2/c1-3-6-17(9-14(18)19-4-2)8-13-11-21-15(16-13)12-5-7-20-10-12/h3,5,7,10-11H,1,4,6,8-9H2,2H3. The van der Waals surface area contributed by atoms with E-state index in [4.69, 9.17) is 4.74 Å². The van der Waals surface area contributed by atoms with E-state index in [-0.39, 0.29) is 12.5 Å². The second-order valence-corrected chi connectivity index (χ2v) is 6.06. The van der Waals surface area contributed by atoms with E-state index in [9.17, 15) is 4.79 Å². The zero-order valence-corrected chi connectivity index (χ0v) is 13.6. The van der Waals surface area contributed by atoms with Crippen molar-refractivity contribution in [1.29, 1.82) is 0 Å². The van der Waals surface area contributed by atoms with E-state index in [0.717, 1.165) is 16.3 Å². The molecule has 112 valence electrons. The maximum atomic E-state index is 11.6. The van der Waals surface area contributed by atoms with Gasteiger partial charge in [-0.05, 0) is 18.4 Å². The molecule has 2 aromatic rings. The molecule has 0 unspecified atom stereocenters. The van der Waals surface area contributed by atoms with Gasteiger partial charge in [-0.1, -0.05) is 6.08 Å². The molecule has 0 fully saturated rings. The molecule has 0 bridgehead atoms. The third-order valence-electron chi connectivity index (χ3n) is 2.75. The maximum absolute atomic E-state index is 11.6. The number of thiazole rings is 1. The number of nitrogens with zero attached hydrogens (tertiary/aromatic N) is 2. The number of ether oxygens (including phenoxy) is 1. The Hall–Kier alpha value is -1.50. The lowest BCUT2D eigenvalue weighted by Gasteiger charge is -2.18. The van der Waals surface area contributed by atoms with Crippen LogP contribution in [0.2, 0.25) is 0 Å². The highest BCUT2D eigenvalue weighted by Gasteiger charge is 2.13. The van der Waals surface area contributed by atoms with Crippen molar-refractivity contribution in [3.05, 3.63) is 40.6 Å². The van der Waals surface area contributed by atoms with Crippen molar-refractivity contribution in [2.75, 3.05) is 19.7 Å². The number of carbonyl (C=O) groups is 1. The van der Waals surface area contributed by atoms with Gasteiger partial charge in [0.2, 0.25) is 0 Å². The van der Waals surface area contributed by atoms with E-state index < -0.39 is 0 Å². The Bertz CT molecular complexity index is 578. The SMILES string of the molecule is C=CCN(CC(=O)OCC)Cc1csc(-c2ccsc2)n1. The van der Waals surface area contributed by atoms with Gasteiger partial charge in [0.05, 0.1) is 18.8 Å². The Labute approximate surface area is 132 Å². The molecule has 2 rings (SSSR count). The second kappa shape index (κ2) is 8.07. The molecule has 0 radical (unpaired) electrons. The van der Waals surface area contributed by atoms with Crippen LogP contribution in [-0.2, 0) is 16.1 Å². The summed E-state index contributed by atoms with van der Waals surface area (Å²) in [5, 5.41) is 7.18. The van der Waals surface area contributed by atoms with Crippen LogP contribution in [0.4, 0.5) is 0 Å². The molecule has 0 aliphatic carbocycles. The molecule has 6 heteroatoms. The summed E-state index contributed by atoms with van der Waals surface area (Å²) in [5.41, 5.74) is 2.12. The van der Waals surface area contributed by atoms with Gasteiger partial charge in [-0.2, -0.15) is 11.3 Å². The minimum absolute atomic E-state index is 0.215. The molecule has 0 spiro atoms. The first kappa shape index (κ1) is 15.9. The van der Waals surface area contributed by atoms with Crippen LogP contribution in [0.1, 0.15) is 12.6 Å². The van der Waals surface area contributed by atoms with E-state index in [1.54, 1.807) is 28.7 Å². The van der Waals surface area contributed by atoms with Crippen molar-refractivity contribution >= 4 is 28.6 Å². The van der Waals surface area contributed by atoms with Crippen molar-refractivity contribution < 1.29 is 9.53 Å². The highest BCUT2D eigenvalue weighted by molar-refractivity contribution is 7.14. The summed E-state index contributed by atoms with van der Waals surface area (Å²) in [5.74, 6) is -0.215. The number of hydrogen-bond donors (Lipinski definition) is 0. The lowest BCUT2D eigenvalue weighted by atomic mass is 10.3. The topological polar surface area (TPSA) is 42.4 Å². The van der Waals surface area contributed by atoms with E-state index >= 15 is 0 Å². The Morgan fingerprint density at radius 1 is 1.52 bits per heavy atom. The summed E-state index contributed by atoms with van der Waals surface area (Å²) < 4.78 is 4.99. The van der Waals surface area contributed by atoms with Crippen LogP contribution < -0.4 is 0 Å². The highest BCUT2D eigenvalue weighted by atomic mass is 32.1. The monoisotopic (exact) mass is 322 g/mol. The van der Waals surface area contributed by atoms with Crippen molar-refractivity contribution in [3.63, 3.8) is 0 Å². The minimum Gasteiger partial charge on any atom is -0.465 e. The number of carbonyl (C=O) groups excluding carboxylic acids is 1. The average Bonchev–Trinajstić information content (AvgIpc) is 3.09. The van der Waals surface area contributed by atoms with Crippen LogP contribution in [0.5, 0.6) is 0 Å². The molecular formula is C15H18N2O2S2. The fraction of sp³-hybridized carbons (Fsp3) is 0.333. The Morgan fingerprint density at radius 3 is 3.05 bits per heavy atom. The molecule has 0 amide bonds. The molecule has 0 aliphatic rings. The third-order valence-corrected chi connectivity index (χ3v) is 4.37. The summed E-state index contributed by atoms with van der Waals surface area (Å²) in [7, 11) is 0. The van der Waals surface area contributed by atoms with Gasteiger partial charge >= 0.3 is 5.97 Å². The highest BCUT2D eigenvalue weighted by Crippen LogP contribution is 2.26. The maximum Gasteiger partial charge on any atom is 0.320 e. The summed E-state index contributed by atoms with van der Waals surface area (Å²) in [4.78, 5) is 18.2. The molecular weight excluding hydrogens is 304 g/mol. The Kier molecular flexibility index (Phi) is 6.10. The summed E-state index contributed by atoms with van der Waals surface area (Å²) >= 11 is 3.28. The summed E-state index contributed by atoms with van der Waals surface area (Å²) in [6.07, 6.45) is 1.78. The third kappa shape index (κ3) is 4.77. The van der Waals surface area contributed by atoms with Crippen molar-refractivity contribution in [2.45, 2.75) is 13.5 Å². The normalized spacial score (nSPS) is 10.8. The largest absolute Gasteiger partial charge is 0.465 e. The lowest BCUT2D eigenvalue weighted by Crippen LogP contribution is -2.31. The number of aromatic nitrogens is 1. The first-order chi connectivity index (χ1) is 10.2. The zero-order valence-electron chi connectivity index (χ0n) is 11.9. The van der Waals surface area contributed by atoms with Crippen molar-refractivity contribution in [2.24, 2.45) is 0 Å². The Balaban J connectivity index is 1.99. The Morgan fingerprint density at radius 2 is 2.38 bits per heavy atom. The molecule has 0 N–H and O–H groups in total. The molecule has 0 saturated heterocycles. The smallest absolute Gasteiger partial charge is 0.320 e. The molecule has 2 aromatic heterocycles. The van der Waals surface area contributed by atoms with Crippen molar-refractivity contribution in [3.8, 4) is 10.6 Å². The van der Waals surface area contributed by atoms with Crippen LogP contribution in [0, 0.1) is 0 Å². The zero-order chi connectivity index (χ0) is 15.1. The predicted octanol–water partition coefficient (Wildman–Crippen LogP) is 3.42. The van der Waals surface area contributed by atoms with Gasteiger partial charge in [0.15, 0.2) is 0 Å². The van der Waals surface area contributed by atoms with Crippen LogP contribution in [0.15, 0.2) is 34.9 Å². The van der Waals surface area contributed by atoms with Crippen LogP contribution >= 0.6 is 22.7 Å². The number of thiophene rings is 1. The number of esters is 1. The molecule has 0 aliphatic heterocycles. The quantitative estimate of drug-likeness (QED) is 0.552. The molecule has 4 nitrogen and oxygen atoms in total. The van der Waals surface area contributed by atoms with Gasteiger partial charge in [-0.25, -0.2) is 4.98 Å². The van der Waals surface area contributed by atoms with E-state index in [1.807, 2.05) is 22.6 Å². The van der Waals surface area contributed by atoms with Gasteiger partial charge in [0.1, 0.15) is 5.01 Å². The van der Waals surface area contributed by atoms with Gasteiger partial charge < -0.3 is 4.74 Å². The van der Waals surface area contributed by atoms with E-state index in [2.05, 4.69) is 23.0 Å². The van der Waals surface area contributed by atoms with Crippen LogP contribution in [0.25, 0.3) is 10.6 Å². The lowest BCUT2D eigenvalue weighted by molar-refractivity contribution is -0.144. The number of rotatable bonds is 8. The minimum atomic E-state index is -0.215. The fourth-order valence-corrected chi connectivity index (χ4v) is 3.41. The summed E-state index contributed by atoms with van der Waals surface area (Å²) in [6, 6.07) is 2.06. The van der Waals surface area contributed by atoms with Gasteiger partial charge in [0, 0.05) is 29.4 Å². The van der Waals surface area contributed by atoms with E-state index in [0.29, 0.717) is 19.7 Å². The molecule has 21 heavy (non-hydrogen) atoms. The van der Waals surface area contributed by atoms with Crippen LogP contribution in [0.3, 0.4) is 0 Å². The first-order valence-corrected chi connectivity index (χ1v) is 8.51. The fourth-order valence-electron chi connectivity index (χ4n) is 1.88. The van der Waals surface area contributed by atoms with Crippen LogP contribution in [-0.4, -0.2) is 35.5 Å². The predicted molar refractivity (Wildman–Crippen MR) is 87.5 cm³/mol. The molecule has 0 atom stereocenters. The molecule has 0 aromatic carbocycles. The van der Waals surface area contributed by atoms with Gasteiger partial charge in [-0.3, -0.25) is 9.69 Å². The summed E-state index contributed by atoms with van der Waals surface area (Å²) in [6.45, 7) is 7.44. The first-order valence-electron chi connectivity index (χ1n) is 6.68. The number of hydrogen-bond acceptors (Lipinski definition) is 6. The molecule has 0 saturated carbocycles.